The normalized spacial score (nSPS) is 30.0. The predicted octanol–water partition coefficient (Wildman–Crippen LogP) is -0.240. The maximum atomic E-state index is 12.1. The summed E-state index contributed by atoms with van der Waals surface area (Å²) in [5.74, 6) is -1.60. The van der Waals surface area contributed by atoms with Crippen molar-refractivity contribution in [2.75, 3.05) is 6.61 Å². The number of carbonyl (C=O) groups excluding carboxylic acids is 1. The molecular weight excluding hydrogens is 346 g/mol. The van der Waals surface area contributed by atoms with Gasteiger partial charge in [0, 0.05) is 6.42 Å². The van der Waals surface area contributed by atoms with Crippen molar-refractivity contribution in [1.29, 1.82) is 0 Å². The maximum Gasteiger partial charge on any atom is 0.332 e. The van der Waals surface area contributed by atoms with E-state index < -0.39 is 49.3 Å². The van der Waals surface area contributed by atoms with Crippen LogP contribution in [-0.4, -0.2) is 75.7 Å². The van der Waals surface area contributed by atoms with Crippen LogP contribution < -0.4 is 5.32 Å². The smallest absolute Gasteiger partial charge is 0.332 e. The van der Waals surface area contributed by atoms with Crippen LogP contribution >= 0.6 is 0 Å². The number of nitrogens with one attached hydrogen (secondary N) is 1. The molecule has 1 aliphatic rings. The zero-order valence-electron chi connectivity index (χ0n) is 15.3. The van der Waals surface area contributed by atoms with Crippen LogP contribution in [0.1, 0.15) is 52.4 Å². The summed E-state index contributed by atoms with van der Waals surface area (Å²) in [5, 5.41) is 41.2. The molecule has 1 rings (SSSR count). The highest BCUT2D eigenvalue weighted by Crippen LogP contribution is 2.24. The molecule has 1 fully saturated rings. The molecule has 0 aromatic rings. The Morgan fingerprint density at radius 3 is 2.42 bits per heavy atom. The van der Waals surface area contributed by atoms with Crippen LogP contribution in [-0.2, 0) is 19.1 Å². The average Bonchev–Trinajstić information content (AvgIpc) is 2.60. The number of aliphatic hydroxyl groups excluding tert-OH is 3. The zero-order chi connectivity index (χ0) is 19.7. The maximum absolute atomic E-state index is 12.1. The van der Waals surface area contributed by atoms with Crippen LogP contribution in [0.25, 0.3) is 0 Å². The van der Waals surface area contributed by atoms with Crippen LogP contribution in [0.2, 0.25) is 0 Å². The highest BCUT2D eigenvalue weighted by Gasteiger charge is 2.47. The largest absolute Gasteiger partial charge is 0.479 e. The lowest BCUT2D eigenvalue weighted by Crippen LogP contribution is -2.65. The van der Waals surface area contributed by atoms with Crippen molar-refractivity contribution >= 4 is 11.9 Å². The van der Waals surface area contributed by atoms with Gasteiger partial charge in [-0.3, -0.25) is 4.79 Å². The van der Waals surface area contributed by atoms with Crippen molar-refractivity contribution in [1.82, 2.24) is 5.32 Å². The molecule has 9 heteroatoms. The molecule has 26 heavy (non-hydrogen) atoms. The molecule has 0 radical (unpaired) electrons. The van der Waals surface area contributed by atoms with E-state index in [-0.39, 0.29) is 12.3 Å². The Balaban J connectivity index is 2.70. The summed E-state index contributed by atoms with van der Waals surface area (Å²) in [6, 6.07) is -1.14. The molecule has 0 aromatic carbocycles. The third-order valence-electron chi connectivity index (χ3n) is 4.42. The standard InChI is InChI=1S/C17H31NO8/c1-3-4-5-6-7-8-12(20)18-13-15(25-10(2)16(22)23)14(21)11(9-19)26-17(13)24/h10-11,13-15,17,19,21,24H,3-9H2,1-2H3,(H,18,20)(H,22,23)/t10-,11-,13-,14-,15-,17?/m1/s1. The van der Waals surface area contributed by atoms with Gasteiger partial charge in [-0.25, -0.2) is 4.79 Å². The van der Waals surface area contributed by atoms with Gasteiger partial charge >= 0.3 is 5.97 Å². The monoisotopic (exact) mass is 377 g/mol. The quantitative estimate of drug-likeness (QED) is 0.310. The molecule has 5 N–H and O–H groups in total. The van der Waals surface area contributed by atoms with Gasteiger partial charge in [0.25, 0.3) is 0 Å². The number of carboxylic acids is 1. The Morgan fingerprint density at radius 1 is 1.19 bits per heavy atom. The van der Waals surface area contributed by atoms with Gasteiger partial charge in [-0.1, -0.05) is 32.6 Å². The Hall–Kier alpha value is -1.26. The first-order chi connectivity index (χ1) is 12.3. The Labute approximate surface area is 153 Å². The Kier molecular flexibility index (Phi) is 10.0. The van der Waals surface area contributed by atoms with E-state index in [1.165, 1.54) is 6.92 Å². The minimum absolute atomic E-state index is 0.244. The molecule has 1 heterocycles. The highest BCUT2D eigenvalue weighted by molar-refractivity contribution is 5.76. The van der Waals surface area contributed by atoms with E-state index in [9.17, 15) is 24.9 Å². The summed E-state index contributed by atoms with van der Waals surface area (Å²) in [6.45, 7) is 2.79. The molecule has 9 nitrogen and oxygen atoms in total. The van der Waals surface area contributed by atoms with Crippen molar-refractivity contribution < 1.29 is 39.5 Å². The fraction of sp³-hybridized carbons (Fsp3) is 0.882. The first-order valence-electron chi connectivity index (χ1n) is 9.11. The SMILES string of the molecule is CCCCCCCC(=O)N[C@H]1C(O)O[C@H](CO)[C@@H](O)[C@@H]1O[C@H](C)C(=O)O. The molecule has 0 saturated carbocycles. The number of aliphatic carboxylic acids is 1. The van der Waals surface area contributed by atoms with E-state index in [0.29, 0.717) is 6.42 Å². The molecule has 0 aliphatic carbocycles. The third kappa shape index (κ3) is 6.81. The third-order valence-corrected chi connectivity index (χ3v) is 4.42. The summed E-state index contributed by atoms with van der Waals surface area (Å²) in [4.78, 5) is 23.2. The van der Waals surface area contributed by atoms with Crippen molar-refractivity contribution in [3.8, 4) is 0 Å². The van der Waals surface area contributed by atoms with E-state index in [1.54, 1.807) is 0 Å². The number of hydrogen-bond acceptors (Lipinski definition) is 7. The van der Waals surface area contributed by atoms with Crippen LogP contribution in [0.4, 0.5) is 0 Å². The van der Waals surface area contributed by atoms with Crippen LogP contribution in [0.5, 0.6) is 0 Å². The molecule has 1 unspecified atom stereocenters. The van der Waals surface area contributed by atoms with E-state index >= 15 is 0 Å². The highest BCUT2D eigenvalue weighted by atomic mass is 16.6. The summed E-state index contributed by atoms with van der Waals surface area (Å²) >= 11 is 0. The van der Waals surface area contributed by atoms with Crippen molar-refractivity contribution in [3.63, 3.8) is 0 Å². The second-order valence-electron chi connectivity index (χ2n) is 6.58. The minimum Gasteiger partial charge on any atom is -0.479 e. The summed E-state index contributed by atoms with van der Waals surface area (Å²) in [5.41, 5.74) is 0. The number of rotatable bonds is 11. The van der Waals surface area contributed by atoms with Crippen molar-refractivity contribution in [2.24, 2.45) is 0 Å². The number of ether oxygens (including phenoxy) is 2. The average molecular weight is 377 g/mol. The van der Waals surface area contributed by atoms with Gasteiger partial charge in [-0.05, 0) is 13.3 Å². The second kappa shape index (κ2) is 11.5. The van der Waals surface area contributed by atoms with E-state index in [1.807, 2.05) is 0 Å². The number of carboxylic acid groups (broad SMARTS) is 1. The Morgan fingerprint density at radius 2 is 1.85 bits per heavy atom. The van der Waals surface area contributed by atoms with Crippen LogP contribution in [0.3, 0.4) is 0 Å². The first-order valence-corrected chi connectivity index (χ1v) is 9.11. The van der Waals surface area contributed by atoms with Crippen LogP contribution in [0, 0.1) is 0 Å². The van der Waals surface area contributed by atoms with Crippen LogP contribution in [0.15, 0.2) is 0 Å². The molecule has 6 atom stereocenters. The predicted molar refractivity (Wildman–Crippen MR) is 91.2 cm³/mol. The van der Waals surface area contributed by atoms with E-state index in [2.05, 4.69) is 12.2 Å². The second-order valence-corrected chi connectivity index (χ2v) is 6.58. The van der Waals surface area contributed by atoms with Crippen molar-refractivity contribution in [3.05, 3.63) is 0 Å². The fourth-order valence-corrected chi connectivity index (χ4v) is 2.84. The number of aliphatic hydroxyl groups is 3. The number of unbranched alkanes of at least 4 members (excludes halogenated alkanes) is 4. The van der Waals surface area contributed by atoms with Gasteiger partial charge in [0.1, 0.15) is 24.4 Å². The lowest BCUT2D eigenvalue weighted by atomic mass is 9.96. The van der Waals surface area contributed by atoms with Crippen molar-refractivity contribution in [2.45, 2.75) is 89.1 Å². The molecule has 1 aliphatic heterocycles. The molecule has 0 aromatic heterocycles. The fourth-order valence-electron chi connectivity index (χ4n) is 2.84. The first kappa shape index (κ1) is 22.8. The summed E-state index contributed by atoms with van der Waals surface area (Å²) in [7, 11) is 0. The lowest BCUT2D eigenvalue weighted by molar-refractivity contribution is -0.267. The Bertz CT molecular complexity index is 446. The van der Waals surface area contributed by atoms with Gasteiger partial charge in [-0.2, -0.15) is 0 Å². The van der Waals surface area contributed by atoms with Gasteiger partial charge in [0.2, 0.25) is 5.91 Å². The van der Waals surface area contributed by atoms with Gasteiger partial charge in [-0.15, -0.1) is 0 Å². The summed E-state index contributed by atoms with van der Waals surface area (Å²) in [6.07, 6.45) is -1.49. The van der Waals surface area contributed by atoms with Gasteiger partial charge < -0.3 is 35.2 Å². The molecular formula is C17H31NO8. The zero-order valence-corrected chi connectivity index (χ0v) is 15.3. The van der Waals surface area contributed by atoms with E-state index in [0.717, 1.165) is 25.7 Å². The molecule has 0 bridgehead atoms. The number of amides is 1. The van der Waals surface area contributed by atoms with Gasteiger partial charge in [0.05, 0.1) is 6.61 Å². The summed E-state index contributed by atoms with van der Waals surface area (Å²) < 4.78 is 10.4. The minimum atomic E-state index is -1.54. The lowest BCUT2D eigenvalue weighted by Gasteiger charge is -2.43. The number of carbonyl (C=O) groups is 2. The molecule has 1 saturated heterocycles. The molecule has 0 spiro atoms. The van der Waals surface area contributed by atoms with E-state index in [4.69, 9.17) is 14.6 Å². The molecule has 152 valence electrons. The number of hydrogen-bond donors (Lipinski definition) is 5. The molecule has 1 amide bonds. The van der Waals surface area contributed by atoms with Gasteiger partial charge in [0.15, 0.2) is 12.4 Å². The topological polar surface area (TPSA) is 146 Å².